The van der Waals surface area contributed by atoms with Gasteiger partial charge in [0, 0.05) is 19.2 Å². The Morgan fingerprint density at radius 2 is 2.29 bits per heavy atom. The van der Waals surface area contributed by atoms with E-state index >= 15 is 0 Å². The molecule has 14 heavy (non-hydrogen) atoms. The number of aliphatic hydroxyl groups is 1. The van der Waals surface area contributed by atoms with Gasteiger partial charge in [0.25, 0.3) is 0 Å². The average Bonchev–Trinajstić information content (AvgIpc) is 2.09. The SMILES string of the molecule is CSCC(=O)N(CCCO)C1CCC1. The quantitative estimate of drug-likeness (QED) is 0.724. The van der Waals surface area contributed by atoms with Crippen LogP contribution in [0.2, 0.25) is 0 Å². The number of carbonyl (C=O) groups excluding carboxylic acids is 1. The Bertz CT molecular complexity index is 183. The first kappa shape index (κ1) is 11.9. The van der Waals surface area contributed by atoms with Crippen molar-refractivity contribution >= 4 is 17.7 Å². The first-order valence-electron chi connectivity index (χ1n) is 5.19. The molecule has 3 nitrogen and oxygen atoms in total. The van der Waals surface area contributed by atoms with Crippen LogP contribution in [0.3, 0.4) is 0 Å². The van der Waals surface area contributed by atoms with E-state index < -0.39 is 0 Å². The monoisotopic (exact) mass is 217 g/mol. The van der Waals surface area contributed by atoms with Crippen molar-refractivity contribution in [2.45, 2.75) is 31.7 Å². The predicted octanol–water partition coefficient (Wildman–Crippen LogP) is 1.11. The summed E-state index contributed by atoms with van der Waals surface area (Å²) < 4.78 is 0. The molecule has 0 bridgehead atoms. The molecule has 82 valence electrons. The van der Waals surface area contributed by atoms with E-state index in [1.165, 1.54) is 6.42 Å². The number of nitrogens with zero attached hydrogens (tertiary/aromatic N) is 1. The molecule has 0 spiro atoms. The maximum atomic E-state index is 11.7. The summed E-state index contributed by atoms with van der Waals surface area (Å²) in [7, 11) is 0. The van der Waals surface area contributed by atoms with E-state index in [0.717, 1.165) is 19.4 Å². The average molecular weight is 217 g/mol. The lowest BCUT2D eigenvalue weighted by molar-refractivity contribution is -0.132. The smallest absolute Gasteiger partial charge is 0.232 e. The highest BCUT2D eigenvalue weighted by molar-refractivity contribution is 7.99. The maximum absolute atomic E-state index is 11.7. The molecule has 1 aliphatic rings. The molecule has 0 atom stereocenters. The van der Waals surface area contributed by atoms with Gasteiger partial charge in [-0.1, -0.05) is 0 Å². The number of carbonyl (C=O) groups is 1. The highest BCUT2D eigenvalue weighted by Gasteiger charge is 2.27. The molecule has 1 amide bonds. The molecule has 0 aromatic rings. The van der Waals surface area contributed by atoms with Crippen LogP contribution in [0.25, 0.3) is 0 Å². The molecular weight excluding hydrogens is 198 g/mol. The fraction of sp³-hybridized carbons (Fsp3) is 0.900. The minimum Gasteiger partial charge on any atom is -0.396 e. The summed E-state index contributed by atoms with van der Waals surface area (Å²) >= 11 is 1.57. The normalized spacial score (nSPS) is 16.4. The van der Waals surface area contributed by atoms with Crippen molar-refractivity contribution < 1.29 is 9.90 Å². The molecule has 0 aromatic carbocycles. The Hall–Kier alpha value is -0.220. The number of hydrogen-bond acceptors (Lipinski definition) is 3. The van der Waals surface area contributed by atoms with Crippen LogP contribution in [0.15, 0.2) is 0 Å². The van der Waals surface area contributed by atoms with E-state index in [9.17, 15) is 4.79 Å². The van der Waals surface area contributed by atoms with Crippen molar-refractivity contribution in [1.29, 1.82) is 0 Å². The van der Waals surface area contributed by atoms with Crippen molar-refractivity contribution in [2.24, 2.45) is 0 Å². The van der Waals surface area contributed by atoms with E-state index in [1.807, 2.05) is 11.2 Å². The van der Waals surface area contributed by atoms with Gasteiger partial charge >= 0.3 is 0 Å². The van der Waals surface area contributed by atoms with Gasteiger partial charge in [0.2, 0.25) is 5.91 Å². The third-order valence-electron chi connectivity index (χ3n) is 2.66. The zero-order chi connectivity index (χ0) is 10.4. The summed E-state index contributed by atoms with van der Waals surface area (Å²) in [6.45, 7) is 0.899. The molecule has 4 heteroatoms. The lowest BCUT2D eigenvalue weighted by Gasteiger charge is -2.37. The second-order valence-electron chi connectivity index (χ2n) is 3.68. The van der Waals surface area contributed by atoms with Crippen LogP contribution >= 0.6 is 11.8 Å². The van der Waals surface area contributed by atoms with Crippen molar-refractivity contribution in [3.05, 3.63) is 0 Å². The van der Waals surface area contributed by atoms with Crippen LogP contribution < -0.4 is 0 Å². The first-order valence-corrected chi connectivity index (χ1v) is 6.58. The molecule has 1 saturated carbocycles. The number of aliphatic hydroxyl groups excluding tert-OH is 1. The minimum atomic E-state index is 0.176. The number of rotatable bonds is 6. The second-order valence-corrected chi connectivity index (χ2v) is 4.55. The van der Waals surface area contributed by atoms with E-state index in [1.54, 1.807) is 11.8 Å². The first-order chi connectivity index (χ1) is 6.79. The van der Waals surface area contributed by atoms with Gasteiger partial charge in [0.1, 0.15) is 0 Å². The van der Waals surface area contributed by atoms with Crippen LogP contribution in [-0.4, -0.2) is 47.1 Å². The van der Waals surface area contributed by atoms with Crippen molar-refractivity contribution in [1.82, 2.24) is 4.90 Å². The van der Waals surface area contributed by atoms with Crippen LogP contribution in [0.1, 0.15) is 25.7 Å². The highest BCUT2D eigenvalue weighted by Crippen LogP contribution is 2.25. The lowest BCUT2D eigenvalue weighted by atomic mass is 9.91. The Kier molecular flexibility index (Phi) is 5.33. The van der Waals surface area contributed by atoms with Crippen LogP contribution in [0.4, 0.5) is 0 Å². The third-order valence-corrected chi connectivity index (χ3v) is 3.20. The molecule has 1 aliphatic carbocycles. The zero-order valence-electron chi connectivity index (χ0n) is 8.74. The van der Waals surface area contributed by atoms with Gasteiger partial charge in [-0.05, 0) is 31.9 Å². The molecule has 1 fully saturated rings. The fourth-order valence-electron chi connectivity index (χ4n) is 1.66. The molecule has 0 unspecified atom stereocenters. The van der Waals surface area contributed by atoms with Gasteiger partial charge in [-0.25, -0.2) is 0 Å². The molecule has 1 N–H and O–H groups in total. The summed E-state index contributed by atoms with van der Waals surface area (Å²) in [6, 6.07) is 0.459. The summed E-state index contributed by atoms with van der Waals surface area (Å²) in [5.74, 6) is 0.803. The third kappa shape index (κ3) is 3.17. The van der Waals surface area contributed by atoms with Crippen LogP contribution in [0, 0.1) is 0 Å². The number of thioether (sulfide) groups is 1. The van der Waals surface area contributed by atoms with E-state index in [2.05, 4.69) is 0 Å². The summed E-state index contributed by atoms with van der Waals surface area (Å²) in [5, 5.41) is 8.76. The summed E-state index contributed by atoms with van der Waals surface area (Å²) in [6.07, 6.45) is 6.18. The molecule has 0 heterocycles. The van der Waals surface area contributed by atoms with E-state index in [-0.39, 0.29) is 12.5 Å². The van der Waals surface area contributed by atoms with Crippen molar-refractivity contribution in [2.75, 3.05) is 25.2 Å². The number of amides is 1. The molecular formula is C10H19NO2S. The molecule has 1 rings (SSSR count). The van der Waals surface area contributed by atoms with Crippen molar-refractivity contribution in [3.63, 3.8) is 0 Å². The Labute approximate surface area is 89.9 Å². The largest absolute Gasteiger partial charge is 0.396 e. The lowest BCUT2D eigenvalue weighted by Crippen LogP contribution is -2.45. The predicted molar refractivity (Wildman–Crippen MR) is 59.4 cm³/mol. The summed E-state index contributed by atoms with van der Waals surface area (Å²) in [5.41, 5.74) is 0. The summed E-state index contributed by atoms with van der Waals surface area (Å²) in [4.78, 5) is 13.7. The molecule has 0 aliphatic heterocycles. The molecule has 0 aromatic heterocycles. The van der Waals surface area contributed by atoms with E-state index in [0.29, 0.717) is 18.2 Å². The van der Waals surface area contributed by atoms with Gasteiger partial charge < -0.3 is 10.0 Å². The van der Waals surface area contributed by atoms with Gasteiger partial charge in [0.05, 0.1) is 5.75 Å². The van der Waals surface area contributed by atoms with E-state index in [4.69, 9.17) is 5.11 Å². The van der Waals surface area contributed by atoms with Gasteiger partial charge in [-0.3, -0.25) is 4.79 Å². The number of hydrogen-bond donors (Lipinski definition) is 1. The maximum Gasteiger partial charge on any atom is 0.232 e. The Morgan fingerprint density at radius 3 is 2.71 bits per heavy atom. The Morgan fingerprint density at radius 1 is 1.57 bits per heavy atom. The van der Waals surface area contributed by atoms with Gasteiger partial charge in [-0.2, -0.15) is 11.8 Å². The second kappa shape index (κ2) is 6.30. The fourth-order valence-corrected chi connectivity index (χ4v) is 2.07. The zero-order valence-corrected chi connectivity index (χ0v) is 9.55. The minimum absolute atomic E-state index is 0.176. The standard InChI is InChI=1S/C10H19NO2S/c1-14-8-10(13)11(6-3-7-12)9-4-2-5-9/h9,12H,2-8H2,1H3. The highest BCUT2D eigenvalue weighted by atomic mass is 32.2. The molecule has 0 saturated heterocycles. The molecule has 0 radical (unpaired) electrons. The van der Waals surface area contributed by atoms with Gasteiger partial charge in [0.15, 0.2) is 0 Å². The topological polar surface area (TPSA) is 40.5 Å². The van der Waals surface area contributed by atoms with Crippen LogP contribution in [0.5, 0.6) is 0 Å². The van der Waals surface area contributed by atoms with Crippen LogP contribution in [-0.2, 0) is 4.79 Å². The van der Waals surface area contributed by atoms with Crippen molar-refractivity contribution in [3.8, 4) is 0 Å². The Balaban J connectivity index is 2.38. The van der Waals surface area contributed by atoms with Gasteiger partial charge in [-0.15, -0.1) is 0 Å².